The maximum Gasteiger partial charge on any atom is 0.161 e. The molecule has 2 aliphatic rings. The van der Waals surface area contributed by atoms with E-state index in [1.165, 1.54) is 0 Å². The van der Waals surface area contributed by atoms with Crippen molar-refractivity contribution in [2.24, 2.45) is 17.6 Å². The Bertz CT molecular complexity index is 498. The van der Waals surface area contributed by atoms with Gasteiger partial charge in [-0.05, 0) is 30.7 Å². The van der Waals surface area contributed by atoms with Crippen LogP contribution in [0.2, 0.25) is 0 Å². The Labute approximate surface area is 122 Å². The molecular weight excluding hydrogens is 289 g/mol. The first-order chi connectivity index (χ1) is 9.04. The molecule has 112 valence electrons. The fraction of sp³-hybridized carbons (Fsp3) is 0.571. The molecule has 0 radical (unpaired) electrons. The molecule has 1 saturated heterocycles. The Balaban J connectivity index is 0.00000147. The Morgan fingerprint density at radius 1 is 1.05 bits per heavy atom. The minimum atomic E-state index is -1.14. The molecule has 0 bridgehead atoms. The average molecular weight is 307 g/mol. The van der Waals surface area contributed by atoms with Crippen molar-refractivity contribution in [3.05, 3.63) is 35.1 Å². The van der Waals surface area contributed by atoms with Gasteiger partial charge in [0.15, 0.2) is 11.6 Å². The van der Waals surface area contributed by atoms with Gasteiger partial charge < -0.3 is 5.73 Å². The molecule has 1 aliphatic carbocycles. The number of hydrogen-bond donors (Lipinski definition) is 1. The first-order valence-electron chi connectivity index (χ1n) is 6.66. The van der Waals surface area contributed by atoms with E-state index in [1.54, 1.807) is 0 Å². The average Bonchev–Trinajstić information content (AvgIpc) is 2.89. The van der Waals surface area contributed by atoms with Crippen LogP contribution in [0.15, 0.2) is 12.1 Å². The zero-order valence-electron chi connectivity index (χ0n) is 11.0. The first kappa shape index (κ1) is 15.6. The lowest BCUT2D eigenvalue weighted by Gasteiger charge is -2.18. The Morgan fingerprint density at radius 2 is 1.75 bits per heavy atom. The van der Waals surface area contributed by atoms with Crippen LogP contribution < -0.4 is 5.73 Å². The van der Waals surface area contributed by atoms with Crippen molar-refractivity contribution in [1.82, 2.24) is 4.90 Å². The standard InChI is InChI=1S/C14H17F3N2.ClH/c15-11-4-13(17)12(16)3-9(11)6-19-5-8-1-2-14(18)10(8)7-19;/h3-4,8,10,14H,1-2,5-7,18H2;1H. The summed E-state index contributed by atoms with van der Waals surface area (Å²) in [7, 11) is 0. The quantitative estimate of drug-likeness (QED) is 0.851. The van der Waals surface area contributed by atoms with Gasteiger partial charge in [0.25, 0.3) is 0 Å². The predicted molar refractivity (Wildman–Crippen MR) is 73.0 cm³/mol. The lowest BCUT2D eigenvalue weighted by molar-refractivity contribution is 0.292. The lowest BCUT2D eigenvalue weighted by Crippen LogP contribution is -2.30. The normalized spacial score (nSPS) is 29.3. The van der Waals surface area contributed by atoms with Gasteiger partial charge >= 0.3 is 0 Å². The zero-order valence-corrected chi connectivity index (χ0v) is 11.8. The second-order valence-corrected chi connectivity index (χ2v) is 5.72. The second-order valence-electron chi connectivity index (χ2n) is 5.72. The molecule has 6 heteroatoms. The van der Waals surface area contributed by atoms with Gasteiger partial charge in [-0.15, -0.1) is 12.4 Å². The first-order valence-corrected chi connectivity index (χ1v) is 6.66. The minimum Gasteiger partial charge on any atom is -0.327 e. The van der Waals surface area contributed by atoms with Crippen molar-refractivity contribution in [3.8, 4) is 0 Å². The van der Waals surface area contributed by atoms with Crippen molar-refractivity contribution in [2.75, 3.05) is 13.1 Å². The van der Waals surface area contributed by atoms with Gasteiger partial charge in [-0.3, -0.25) is 4.90 Å². The number of nitrogens with zero attached hydrogens (tertiary/aromatic N) is 1. The highest BCUT2D eigenvalue weighted by atomic mass is 35.5. The van der Waals surface area contributed by atoms with Crippen LogP contribution in [0.3, 0.4) is 0 Å². The highest BCUT2D eigenvalue weighted by molar-refractivity contribution is 5.85. The smallest absolute Gasteiger partial charge is 0.161 e. The highest BCUT2D eigenvalue weighted by Crippen LogP contribution is 2.37. The van der Waals surface area contributed by atoms with Crippen molar-refractivity contribution < 1.29 is 13.2 Å². The molecule has 2 N–H and O–H groups in total. The van der Waals surface area contributed by atoms with Gasteiger partial charge in [-0.2, -0.15) is 0 Å². The molecular formula is C14H18ClF3N2. The molecule has 0 aromatic heterocycles. The number of rotatable bonds is 2. The Kier molecular flexibility index (Phi) is 4.62. The van der Waals surface area contributed by atoms with Gasteiger partial charge in [-0.25, -0.2) is 13.2 Å². The van der Waals surface area contributed by atoms with Crippen molar-refractivity contribution in [3.63, 3.8) is 0 Å². The van der Waals surface area contributed by atoms with E-state index in [-0.39, 0.29) is 24.0 Å². The third-order valence-electron chi connectivity index (χ3n) is 4.47. The topological polar surface area (TPSA) is 29.3 Å². The summed E-state index contributed by atoms with van der Waals surface area (Å²) in [5, 5.41) is 0. The summed E-state index contributed by atoms with van der Waals surface area (Å²) in [4.78, 5) is 2.09. The number of fused-ring (bicyclic) bond motifs is 1. The van der Waals surface area contributed by atoms with E-state index in [0.717, 1.165) is 32.0 Å². The molecule has 1 aromatic carbocycles. The predicted octanol–water partition coefficient (Wildman–Crippen LogP) is 2.69. The molecule has 1 aliphatic heterocycles. The van der Waals surface area contributed by atoms with Crippen molar-refractivity contribution >= 4 is 12.4 Å². The molecule has 1 heterocycles. The summed E-state index contributed by atoms with van der Waals surface area (Å²) in [6.07, 6.45) is 2.17. The number of benzene rings is 1. The van der Waals surface area contributed by atoms with E-state index in [2.05, 4.69) is 4.90 Å². The largest absolute Gasteiger partial charge is 0.327 e. The van der Waals surface area contributed by atoms with Gasteiger partial charge in [0.2, 0.25) is 0 Å². The Hall–Kier alpha value is -0.780. The van der Waals surface area contributed by atoms with Crippen molar-refractivity contribution in [2.45, 2.75) is 25.4 Å². The van der Waals surface area contributed by atoms with Crippen LogP contribution in [0.25, 0.3) is 0 Å². The summed E-state index contributed by atoms with van der Waals surface area (Å²) in [6.45, 7) is 2.02. The van der Waals surface area contributed by atoms with Crippen LogP contribution in [0, 0.1) is 29.3 Å². The SMILES string of the molecule is Cl.NC1CCC2CN(Cc3cc(F)c(F)cc3F)CC12. The number of hydrogen-bond acceptors (Lipinski definition) is 2. The van der Waals surface area contributed by atoms with Gasteiger partial charge in [0.05, 0.1) is 0 Å². The molecule has 20 heavy (non-hydrogen) atoms. The number of likely N-dealkylation sites (tertiary alicyclic amines) is 1. The molecule has 2 fully saturated rings. The molecule has 3 rings (SSSR count). The number of nitrogens with two attached hydrogens (primary N) is 1. The number of halogens is 4. The van der Waals surface area contributed by atoms with Gasteiger partial charge in [0.1, 0.15) is 5.82 Å². The summed E-state index contributed by atoms with van der Waals surface area (Å²) < 4.78 is 39.6. The maximum absolute atomic E-state index is 13.6. The second kappa shape index (κ2) is 5.92. The van der Waals surface area contributed by atoms with Gasteiger partial charge in [-0.1, -0.05) is 0 Å². The van der Waals surface area contributed by atoms with Crippen LogP contribution in [0.1, 0.15) is 18.4 Å². The third-order valence-corrected chi connectivity index (χ3v) is 4.47. The minimum absolute atomic E-state index is 0. The third kappa shape index (κ3) is 2.80. The molecule has 3 atom stereocenters. The molecule has 1 aromatic rings. The summed E-state index contributed by atoms with van der Waals surface area (Å²) in [5.74, 6) is -1.77. The van der Waals surface area contributed by atoms with E-state index in [9.17, 15) is 13.2 Å². The maximum atomic E-state index is 13.6. The van der Waals surface area contributed by atoms with Crippen LogP contribution in [-0.4, -0.2) is 24.0 Å². The molecule has 0 amide bonds. The van der Waals surface area contributed by atoms with E-state index in [1.807, 2.05) is 0 Å². The summed E-state index contributed by atoms with van der Waals surface area (Å²) in [6, 6.07) is 1.80. The molecule has 3 unspecified atom stereocenters. The van der Waals surface area contributed by atoms with Crippen LogP contribution in [0.4, 0.5) is 13.2 Å². The van der Waals surface area contributed by atoms with Crippen LogP contribution in [-0.2, 0) is 6.54 Å². The molecule has 1 saturated carbocycles. The van der Waals surface area contributed by atoms with E-state index >= 15 is 0 Å². The summed E-state index contributed by atoms with van der Waals surface area (Å²) in [5.41, 5.74) is 6.25. The van der Waals surface area contributed by atoms with Gasteiger partial charge in [0, 0.05) is 37.3 Å². The van der Waals surface area contributed by atoms with Crippen molar-refractivity contribution in [1.29, 1.82) is 0 Å². The fourth-order valence-corrected chi connectivity index (χ4v) is 3.45. The van der Waals surface area contributed by atoms with Crippen LogP contribution >= 0.6 is 12.4 Å². The Morgan fingerprint density at radius 3 is 2.45 bits per heavy atom. The van der Waals surface area contributed by atoms with E-state index in [4.69, 9.17) is 5.73 Å². The highest BCUT2D eigenvalue weighted by Gasteiger charge is 2.40. The molecule has 0 spiro atoms. The molecule has 2 nitrogen and oxygen atoms in total. The fourth-order valence-electron chi connectivity index (χ4n) is 3.45. The van der Waals surface area contributed by atoms with E-state index < -0.39 is 17.5 Å². The lowest BCUT2D eigenvalue weighted by atomic mass is 9.98. The monoisotopic (exact) mass is 306 g/mol. The van der Waals surface area contributed by atoms with E-state index in [0.29, 0.717) is 24.4 Å². The van der Waals surface area contributed by atoms with Crippen LogP contribution in [0.5, 0.6) is 0 Å². The zero-order chi connectivity index (χ0) is 13.6. The summed E-state index contributed by atoms with van der Waals surface area (Å²) >= 11 is 0.